The van der Waals surface area contributed by atoms with Crippen molar-refractivity contribution in [2.45, 2.75) is 25.2 Å². The van der Waals surface area contributed by atoms with Crippen molar-refractivity contribution in [2.24, 2.45) is 0 Å². The molecule has 4 aromatic carbocycles. The molecule has 0 aliphatic rings. The maximum Gasteiger partial charge on any atom is 0.416 e. The van der Waals surface area contributed by atoms with E-state index in [-0.39, 0.29) is 18.4 Å². The average molecular weight is 596 g/mol. The summed E-state index contributed by atoms with van der Waals surface area (Å²) < 4.78 is 47.6. The van der Waals surface area contributed by atoms with Crippen molar-refractivity contribution >= 4 is 17.0 Å². The Hall–Kier alpha value is -5.22. The molecule has 0 spiro atoms. The third kappa shape index (κ3) is 6.71. The first-order valence-corrected chi connectivity index (χ1v) is 14.0. The van der Waals surface area contributed by atoms with Gasteiger partial charge in [-0.2, -0.15) is 23.1 Å². The number of ether oxygens (including phenoxy) is 1. The molecule has 0 aliphatic heterocycles. The monoisotopic (exact) mass is 595 g/mol. The van der Waals surface area contributed by atoms with Gasteiger partial charge in [0.2, 0.25) is 0 Å². The van der Waals surface area contributed by atoms with Gasteiger partial charge in [0.05, 0.1) is 31.1 Å². The predicted octanol–water partition coefficient (Wildman–Crippen LogP) is 7.37. The first-order valence-electron chi connectivity index (χ1n) is 14.0. The van der Waals surface area contributed by atoms with Crippen LogP contribution in [0.1, 0.15) is 16.7 Å². The molecule has 6 rings (SSSR count). The molecule has 0 amide bonds. The van der Waals surface area contributed by atoms with Gasteiger partial charge < -0.3 is 19.7 Å². The third-order valence-electron chi connectivity index (χ3n) is 7.11. The fourth-order valence-electron chi connectivity index (χ4n) is 4.91. The van der Waals surface area contributed by atoms with E-state index in [1.807, 2.05) is 89.5 Å². The molecule has 10 heteroatoms. The zero-order chi connectivity index (χ0) is 30.5. The number of nitrogens with one attached hydrogen (secondary N) is 1. The molecule has 44 heavy (non-hydrogen) atoms. The number of aliphatic hydroxyl groups is 1. The van der Waals surface area contributed by atoms with Crippen molar-refractivity contribution in [3.63, 3.8) is 0 Å². The van der Waals surface area contributed by atoms with Crippen molar-refractivity contribution in [1.82, 2.24) is 19.5 Å². The number of alkyl halides is 3. The summed E-state index contributed by atoms with van der Waals surface area (Å²) in [4.78, 5) is 13.6. The summed E-state index contributed by atoms with van der Waals surface area (Å²) in [7, 11) is 0. The van der Waals surface area contributed by atoms with E-state index in [0.717, 1.165) is 34.4 Å². The summed E-state index contributed by atoms with van der Waals surface area (Å²) in [6, 6.07) is 31.8. The molecule has 222 valence electrons. The lowest BCUT2D eigenvalue weighted by atomic mass is 10.0. The van der Waals surface area contributed by atoms with Crippen LogP contribution in [0, 0.1) is 0 Å². The Morgan fingerprint density at radius 2 is 1.50 bits per heavy atom. The molecule has 6 aromatic rings. The number of rotatable bonds is 10. The SMILES string of the molecule is OC[C@H](Cc1ccccc1)Nc1nc(Oc2cccc(C(F)(F)F)c2)nc2c1ncn2Cc1ccc(-c2ccccc2)cc1. The van der Waals surface area contributed by atoms with Gasteiger partial charge in [0.15, 0.2) is 17.0 Å². The summed E-state index contributed by atoms with van der Waals surface area (Å²) in [5.74, 6) is 0.237. The van der Waals surface area contributed by atoms with E-state index in [1.165, 1.54) is 12.1 Å². The molecule has 0 aliphatic carbocycles. The normalized spacial score (nSPS) is 12.3. The molecule has 0 fully saturated rings. The Morgan fingerprint density at radius 1 is 0.795 bits per heavy atom. The molecule has 2 N–H and O–H groups in total. The van der Waals surface area contributed by atoms with Crippen LogP contribution in [0.4, 0.5) is 19.0 Å². The number of imidazole rings is 1. The van der Waals surface area contributed by atoms with Crippen LogP contribution in [0.25, 0.3) is 22.3 Å². The standard InChI is InChI=1S/C34H28F3N5O2/c35-34(36,37)27-12-7-13-29(19-27)44-33-40-31(39-28(21-43)18-23-8-3-1-4-9-23)30-32(41-33)42(22-38-30)20-24-14-16-26(17-15-24)25-10-5-2-6-11-25/h1-17,19,22,28,43H,18,20-21H2,(H,39,40,41)/t28-/m0/s1. The van der Waals surface area contributed by atoms with E-state index >= 15 is 0 Å². The number of aromatic nitrogens is 4. The molecule has 0 radical (unpaired) electrons. The van der Waals surface area contributed by atoms with Crippen LogP contribution in [-0.4, -0.2) is 37.3 Å². The van der Waals surface area contributed by atoms with Crippen molar-refractivity contribution < 1.29 is 23.0 Å². The summed E-state index contributed by atoms with van der Waals surface area (Å²) in [5.41, 5.74) is 4.22. The summed E-state index contributed by atoms with van der Waals surface area (Å²) in [5, 5.41) is 13.4. The van der Waals surface area contributed by atoms with Crippen molar-refractivity contribution in [2.75, 3.05) is 11.9 Å². The zero-order valence-corrected chi connectivity index (χ0v) is 23.4. The summed E-state index contributed by atoms with van der Waals surface area (Å²) >= 11 is 0. The maximum atomic E-state index is 13.3. The van der Waals surface area contributed by atoms with E-state index in [1.54, 1.807) is 6.33 Å². The largest absolute Gasteiger partial charge is 0.424 e. The topological polar surface area (TPSA) is 85.1 Å². The number of hydrogen-bond donors (Lipinski definition) is 2. The Balaban J connectivity index is 1.34. The van der Waals surface area contributed by atoms with E-state index in [9.17, 15) is 18.3 Å². The van der Waals surface area contributed by atoms with Gasteiger partial charge in [-0.05, 0) is 46.9 Å². The first-order chi connectivity index (χ1) is 21.4. The lowest BCUT2D eigenvalue weighted by Crippen LogP contribution is -2.27. The molecule has 7 nitrogen and oxygen atoms in total. The van der Waals surface area contributed by atoms with Crippen LogP contribution in [-0.2, 0) is 19.1 Å². The molecule has 0 saturated carbocycles. The van der Waals surface area contributed by atoms with Crippen LogP contribution in [0.15, 0.2) is 116 Å². The van der Waals surface area contributed by atoms with Crippen LogP contribution < -0.4 is 10.1 Å². The van der Waals surface area contributed by atoms with Gasteiger partial charge in [0, 0.05) is 0 Å². The highest BCUT2D eigenvalue weighted by Crippen LogP contribution is 2.33. The fraction of sp³-hybridized carbons (Fsp3) is 0.147. The molecule has 2 aromatic heterocycles. The fourth-order valence-corrected chi connectivity index (χ4v) is 4.91. The minimum absolute atomic E-state index is 0.0596. The second-order valence-electron chi connectivity index (χ2n) is 10.3. The minimum atomic E-state index is -4.53. The molecule has 1 atom stereocenters. The van der Waals surface area contributed by atoms with Crippen LogP contribution in [0.3, 0.4) is 0 Å². The Kier molecular flexibility index (Phi) is 8.25. The highest BCUT2D eigenvalue weighted by molar-refractivity contribution is 5.83. The molecule has 0 saturated heterocycles. The van der Waals surface area contributed by atoms with Crippen LogP contribution in [0.5, 0.6) is 11.8 Å². The van der Waals surface area contributed by atoms with Gasteiger partial charge in [-0.25, -0.2) is 4.98 Å². The summed E-state index contributed by atoms with van der Waals surface area (Å²) in [6.45, 7) is 0.233. The van der Waals surface area contributed by atoms with Gasteiger partial charge in [0.25, 0.3) is 0 Å². The quantitative estimate of drug-likeness (QED) is 0.172. The van der Waals surface area contributed by atoms with Crippen LogP contribution >= 0.6 is 0 Å². The predicted molar refractivity (Wildman–Crippen MR) is 162 cm³/mol. The number of hydrogen-bond acceptors (Lipinski definition) is 6. The lowest BCUT2D eigenvalue weighted by molar-refractivity contribution is -0.137. The summed E-state index contributed by atoms with van der Waals surface area (Å²) in [6.07, 6.45) is -2.40. The van der Waals surface area contributed by atoms with Crippen molar-refractivity contribution in [1.29, 1.82) is 0 Å². The highest BCUT2D eigenvalue weighted by Gasteiger charge is 2.31. The average Bonchev–Trinajstić information content (AvgIpc) is 3.44. The Labute approximate surface area is 251 Å². The Morgan fingerprint density at radius 3 is 2.20 bits per heavy atom. The van der Waals surface area contributed by atoms with E-state index < -0.39 is 17.8 Å². The number of aliphatic hydroxyl groups excluding tert-OH is 1. The smallest absolute Gasteiger partial charge is 0.416 e. The van der Waals surface area contributed by atoms with Crippen molar-refractivity contribution in [3.05, 3.63) is 132 Å². The minimum Gasteiger partial charge on any atom is -0.424 e. The second kappa shape index (κ2) is 12.6. The third-order valence-corrected chi connectivity index (χ3v) is 7.11. The van der Waals surface area contributed by atoms with E-state index in [0.29, 0.717) is 29.9 Å². The van der Waals surface area contributed by atoms with Gasteiger partial charge in [-0.3, -0.25) is 0 Å². The maximum absolute atomic E-state index is 13.3. The number of anilines is 1. The number of benzene rings is 4. The van der Waals surface area contributed by atoms with Gasteiger partial charge in [0.1, 0.15) is 5.75 Å². The second-order valence-corrected chi connectivity index (χ2v) is 10.3. The molecule has 0 bridgehead atoms. The first kappa shape index (κ1) is 28.9. The zero-order valence-electron chi connectivity index (χ0n) is 23.4. The highest BCUT2D eigenvalue weighted by atomic mass is 19.4. The molecule has 2 heterocycles. The molecular weight excluding hydrogens is 567 g/mol. The lowest BCUT2D eigenvalue weighted by Gasteiger charge is -2.18. The number of halogens is 3. The Bertz CT molecular complexity index is 1840. The number of fused-ring (bicyclic) bond motifs is 1. The van der Waals surface area contributed by atoms with Gasteiger partial charge >= 0.3 is 12.2 Å². The van der Waals surface area contributed by atoms with E-state index in [2.05, 4.69) is 20.3 Å². The van der Waals surface area contributed by atoms with Crippen molar-refractivity contribution in [3.8, 4) is 22.9 Å². The molecular formula is C34H28F3N5O2. The van der Waals surface area contributed by atoms with Gasteiger partial charge in [-0.15, -0.1) is 0 Å². The van der Waals surface area contributed by atoms with Crippen LogP contribution in [0.2, 0.25) is 0 Å². The molecule has 0 unspecified atom stereocenters. The number of nitrogens with zero attached hydrogens (tertiary/aromatic N) is 4. The van der Waals surface area contributed by atoms with Gasteiger partial charge in [-0.1, -0.05) is 91.0 Å². The van der Waals surface area contributed by atoms with E-state index in [4.69, 9.17) is 4.74 Å².